The number of carbonyl (C=O) groups is 3. The number of carbonyl (C=O) groups excluding carboxylic acids is 3. The van der Waals surface area contributed by atoms with Gasteiger partial charge < -0.3 is 43.7 Å². The van der Waals surface area contributed by atoms with E-state index in [1.807, 2.05) is 6.92 Å². The molecule has 0 radical (unpaired) electrons. The van der Waals surface area contributed by atoms with E-state index in [0.717, 1.165) is 16.0 Å². The van der Waals surface area contributed by atoms with E-state index in [4.69, 9.17) is 23.7 Å². The highest BCUT2D eigenvalue weighted by molar-refractivity contribution is 8.76. The predicted molar refractivity (Wildman–Crippen MR) is 236 cm³/mol. The zero-order valence-electron chi connectivity index (χ0n) is 35.4. The number of unbranched alkanes of at least 4 members (excludes halogenated alkanes) is 2. The fraction of sp³-hybridized carbons (Fsp3) is 0.455. The van der Waals surface area contributed by atoms with Gasteiger partial charge in [-0.3, -0.25) is 19.7 Å². The van der Waals surface area contributed by atoms with E-state index < -0.39 is 35.3 Å². The Bertz CT molecular complexity index is 2260. The van der Waals surface area contributed by atoms with Gasteiger partial charge in [0.2, 0.25) is 0 Å². The van der Waals surface area contributed by atoms with Gasteiger partial charge in [-0.1, -0.05) is 42.0 Å². The molecule has 4 aliphatic heterocycles. The van der Waals surface area contributed by atoms with Crippen molar-refractivity contribution in [2.75, 3.05) is 52.0 Å². The first kappa shape index (κ1) is 45.5. The largest absolute Gasteiger partial charge is 0.493 e. The van der Waals surface area contributed by atoms with E-state index in [1.165, 1.54) is 65.1 Å². The second-order valence-corrected chi connectivity index (χ2v) is 18.6. The SMILES string of the molecule is C=C1C[C@H]2[C@H](O)Cc3cc(OCCCCCOc4cc5c(cc4OC)C(=O)N4CC(=C)C[C@H]4[C@H](O)N5C(=O)OCC[C@@H](C)SSc4ccc([N+](=O)[O-])cn4)c(OC)cc3C(=O)N2C1. The number of nitro groups is 1. The Balaban J connectivity index is 0.961. The number of anilines is 1. The molecule has 5 atom stereocenters. The van der Waals surface area contributed by atoms with Crippen LogP contribution in [0.1, 0.15) is 71.7 Å². The fourth-order valence-corrected chi connectivity index (χ4v) is 10.2. The van der Waals surface area contributed by atoms with Crippen LogP contribution in [0, 0.1) is 10.1 Å². The first-order valence-corrected chi connectivity index (χ1v) is 22.9. The van der Waals surface area contributed by atoms with E-state index in [9.17, 15) is 34.7 Å². The summed E-state index contributed by atoms with van der Waals surface area (Å²) in [6.45, 7) is 11.3. The van der Waals surface area contributed by atoms with Gasteiger partial charge in [0.15, 0.2) is 29.2 Å². The summed E-state index contributed by atoms with van der Waals surface area (Å²) in [6, 6.07) is 8.41. The third kappa shape index (κ3) is 10.0. The molecule has 3 amide bonds. The Morgan fingerprint density at radius 2 is 1.49 bits per heavy atom. The van der Waals surface area contributed by atoms with Crippen LogP contribution in [-0.2, 0) is 11.2 Å². The summed E-state index contributed by atoms with van der Waals surface area (Å²) >= 11 is 0. The number of nitrogens with zero attached hydrogens (tertiary/aromatic N) is 5. The maximum absolute atomic E-state index is 14.0. The lowest BCUT2D eigenvalue weighted by molar-refractivity contribution is -0.385. The van der Waals surface area contributed by atoms with Crippen molar-refractivity contribution in [3.63, 3.8) is 0 Å². The molecule has 336 valence electrons. The molecule has 5 heterocycles. The molecule has 1 aromatic heterocycles. The number of benzene rings is 2. The number of hydrogen-bond acceptors (Lipinski definition) is 15. The number of amides is 3. The third-order valence-corrected chi connectivity index (χ3v) is 14.3. The first-order valence-electron chi connectivity index (χ1n) is 20.7. The number of pyridine rings is 1. The standard InChI is InChI=1S/C44H51N5O12S2/c1-25-15-33-35(50)17-28-18-38(36(57-4)19-30(28)41(51)46(33)23-25)59-12-7-6-8-13-60-39-21-32-31(20-37(39)58-5)42(52)47-24-26(2)16-34(47)43(53)48(32)44(54)61-14-11-27(3)62-63-40-10-9-29(22-45-40)49(55)56/h9-10,18-22,27,33-35,43,50,53H,1-2,6-8,11-17,23-24H2,3-5H3/t27-,33+,34+,35-,43+/m1/s1. The summed E-state index contributed by atoms with van der Waals surface area (Å²) in [4.78, 5) is 60.1. The lowest BCUT2D eigenvalue weighted by Crippen LogP contribution is -2.51. The Hall–Kier alpha value is -5.50. The summed E-state index contributed by atoms with van der Waals surface area (Å²) in [7, 11) is 5.79. The molecule has 63 heavy (non-hydrogen) atoms. The zero-order valence-corrected chi connectivity index (χ0v) is 37.0. The monoisotopic (exact) mass is 905 g/mol. The number of ether oxygens (including phenoxy) is 5. The molecule has 2 saturated heterocycles. The molecule has 2 aromatic carbocycles. The van der Waals surface area contributed by atoms with E-state index in [1.54, 1.807) is 23.1 Å². The molecule has 7 rings (SSSR count). The molecule has 3 aromatic rings. The normalized spacial score (nSPS) is 20.9. The maximum atomic E-state index is 14.0. The van der Waals surface area contributed by atoms with E-state index >= 15 is 0 Å². The lowest BCUT2D eigenvalue weighted by atomic mass is 9.98. The number of aliphatic hydroxyl groups excluding tert-OH is 2. The van der Waals surface area contributed by atoms with Crippen LogP contribution in [0.4, 0.5) is 16.2 Å². The minimum absolute atomic E-state index is 0.00902. The number of methoxy groups -OCH3 is 2. The van der Waals surface area contributed by atoms with Gasteiger partial charge in [0.05, 0.1) is 68.4 Å². The molecular weight excluding hydrogens is 855 g/mol. The van der Waals surface area contributed by atoms with Crippen LogP contribution < -0.4 is 23.8 Å². The van der Waals surface area contributed by atoms with Gasteiger partial charge in [-0.15, -0.1) is 0 Å². The highest BCUT2D eigenvalue weighted by atomic mass is 33.1. The molecule has 2 N–H and O–H groups in total. The number of aliphatic hydroxyl groups is 2. The molecular formula is C44H51N5O12S2. The smallest absolute Gasteiger partial charge is 0.416 e. The zero-order chi connectivity index (χ0) is 44.9. The Morgan fingerprint density at radius 1 is 0.873 bits per heavy atom. The Kier molecular flexibility index (Phi) is 14.4. The summed E-state index contributed by atoms with van der Waals surface area (Å²) < 4.78 is 29.3. The fourth-order valence-electron chi connectivity index (χ4n) is 8.17. The first-order chi connectivity index (χ1) is 30.3. The number of rotatable bonds is 17. The summed E-state index contributed by atoms with van der Waals surface area (Å²) in [6.07, 6.45) is 1.83. The molecule has 0 saturated carbocycles. The number of aromatic nitrogens is 1. The minimum Gasteiger partial charge on any atom is -0.493 e. The average molecular weight is 906 g/mol. The Morgan fingerprint density at radius 3 is 2.13 bits per heavy atom. The van der Waals surface area contributed by atoms with Crippen molar-refractivity contribution >= 4 is 50.9 Å². The molecule has 0 spiro atoms. The molecule has 0 unspecified atom stereocenters. The third-order valence-electron chi connectivity index (χ3n) is 11.5. The van der Waals surface area contributed by atoms with Crippen LogP contribution >= 0.6 is 21.6 Å². The van der Waals surface area contributed by atoms with Gasteiger partial charge in [-0.2, -0.15) is 0 Å². The van der Waals surface area contributed by atoms with Crippen LogP contribution in [0.3, 0.4) is 0 Å². The van der Waals surface area contributed by atoms with Crippen molar-refractivity contribution in [2.24, 2.45) is 0 Å². The Labute approximate surface area is 372 Å². The van der Waals surface area contributed by atoms with Gasteiger partial charge in [-0.25, -0.2) is 14.7 Å². The van der Waals surface area contributed by atoms with Crippen molar-refractivity contribution in [2.45, 2.75) is 86.6 Å². The van der Waals surface area contributed by atoms with Crippen molar-refractivity contribution in [1.29, 1.82) is 0 Å². The van der Waals surface area contributed by atoms with Crippen molar-refractivity contribution in [3.05, 3.63) is 93.7 Å². The van der Waals surface area contributed by atoms with Crippen LogP contribution in [-0.4, -0.2) is 125 Å². The van der Waals surface area contributed by atoms with E-state index in [0.29, 0.717) is 85.7 Å². The van der Waals surface area contributed by atoms with Gasteiger partial charge in [0.25, 0.3) is 17.5 Å². The highest BCUT2D eigenvalue weighted by Gasteiger charge is 2.46. The molecule has 2 fully saturated rings. The molecule has 0 bridgehead atoms. The second-order valence-electron chi connectivity index (χ2n) is 15.9. The van der Waals surface area contributed by atoms with E-state index in [2.05, 4.69) is 18.1 Å². The second kappa shape index (κ2) is 19.9. The van der Waals surface area contributed by atoms with Gasteiger partial charge in [0, 0.05) is 42.5 Å². The highest BCUT2D eigenvalue weighted by Crippen LogP contribution is 2.43. The topological polar surface area (TPSA) is 204 Å². The molecule has 4 aliphatic rings. The molecule has 0 aliphatic carbocycles. The van der Waals surface area contributed by atoms with Crippen LogP contribution in [0.25, 0.3) is 0 Å². The van der Waals surface area contributed by atoms with Gasteiger partial charge in [-0.05, 0) is 79.1 Å². The molecule has 19 heteroatoms. The lowest BCUT2D eigenvalue weighted by Gasteiger charge is -2.31. The number of hydrogen-bond donors (Lipinski definition) is 2. The predicted octanol–water partition coefficient (Wildman–Crippen LogP) is 6.59. The van der Waals surface area contributed by atoms with Crippen molar-refractivity contribution in [3.8, 4) is 23.0 Å². The van der Waals surface area contributed by atoms with Crippen LogP contribution in [0.5, 0.6) is 23.0 Å². The number of fused-ring (bicyclic) bond motifs is 4. The quantitative estimate of drug-likeness (QED) is 0.0483. The van der Waals surface area contributed by atoms with Crippen molar-refractivity contribution in [1.82, 2.24) is 14.8 Å². The van der Waals surface area contributed by atoms with Gasteiger partial charge >= 0.3 is 6.09 Å². The summed E-state index contributed by atoms with van der Waals surface area (Å²) in [5.41, 5.74) is 3.03. The minimum atomic E-state index is -1.44. The average Bonchev–Trinajstić information content (AvgIpc) is 3.83. The van der Waals surface area contributed by atoms with Crippen molar-refractivity contribution < 1.29 is 53.2 Å². The maximum Gasteiger partial charge on any atom is 0.416 e. The van der Waals surface area contributed by atoms with Gasteiger partial charge in [0.1, 0.15) is 11.2 Å². The molecule has 17 nitrogen and oxygen atoms in total. The summed E-state index contributed by atoms with van der Waals surface area (Å²) in [5, 5.41) is 34.2. The summed E-state index contributed by atoms with van der Waals surface area (Å²) in [5.74, 6) is 0.922. The van der Waals surface area contributed by atoms with Crippen LogP contribution in [0.2, 0.25) is 0 Å². The van der Waals surface area contributed by atoms with Crippen LogP contribution in [0.15, 0.2) is 71.9 Å². The van der Waals surface area contributed by atoms with E-state index in [-0.39, 0.29) is 65.4 Å².